The molecule has 0 fully saturated rings. The van der Waals surface area contributed by atoms with Crippen molar-refractivity contribution in [2.24, 2.45) is 5.92 Å². The van der Waals surface area contributed by atoms with Crippen molar-refractivity contribution in [1.82, 2.24) is 10.2 Å². The van der Waals surface area contributed by atoms with Gasteiger partial charge in [0.25, 0.3) is 0 Å². The van der Waals surface area contributed by atoms with Crippen molar-refractivity contribution in [2.45, 2.75) is 51.1 Å². The third-order valence-corrected chi connectivity index (χ3v) is 5.71. The number of rotatable bonds is 7. The molecule has 0 aliphatic rings. The first-order valence-corrected chi connectivity index (χ1v) is 10.1. The summed E-state index contributed by atoms with van der Waals surface area (Å²) in [5.41, 5.74) is 4.27. The minimum absolute atomic E-state index is 0.0213. The van der Waals surface area contributed by atoms with Crippen LogP contribution in [0.2, 0.25) is 0 Å². The third kappa shape index (κ3) is 5.71. The number of anilines is 2. The van der Waals surface area contributed by atoms with Gasteiger partial charge in [-0.05, 0) is 44.7 Å². The Morgan fingerprint density at radius 1 is 1.16 bits per heavy atom. The van der Waals surface area contributed by atoms with E-state index in [9.17, 15) is 4.79 Å². The Balaban J connectivity index is 1.97. The van der Waals surface area contributed by atoms with E-state index in [4.69, 9.17) is 0 Å². The Morgan fingerprint density at radius 2 is 1.80 bits per heavy atom. The molecule has 1 amide bonds. The Labute approximate surface area is 158 Å². The van der Waals surface area contributed by atoms with E-state index in [1.165, 1.54) is 28.7 Å². The summed E-state index contributed by atoms with van der Waals surface area (Å²) < 4.78 is 0.797. The van der Waals surface area contributed by atoms with Crippen LogP contribution < -0.4 is 10.6 Å². The van der Waals surface area contributed by atoms with Crippen LogP contribution in [0.5, 0.6) is 0 Å². The van der Waals surface area contributed by atoms with Gasteiger partial charge in [-0.1, -0.05) is 54.6 Å². The lowest BCUT2D eigenvalue weighted by Gasteiger charge is -2.15. The highest BCUT2D eigenvalue weighted by atomic mass is 32.2. The summed E-state index contributed by atoms with van der Waals surface area (Å²) >= 11 is 2.92. The first-order valence-electron chi connectivity index (χ1n) is 8.39. The predicted molar refractivity (Wildman–Crippen MR) is 108 cm³/mol. The summed E-state index contributed by atoms with van der Waals surface area (Å²) in [6.45, 7) is 13.1. The topological polar surface area (TPSA) is 66.9 Å². The van der Waals surface area contributed by atoms with Gasteiger partial charge in [-0.25, -0.2) is 0 Å². The lowest BCUT2D eigenvalue weighted by atomic mass is 10.1. The fourth-order valence-corrected chi connectivity index (χ4v) is 4.33. The maximum absolute atomic E-state index is 12.5. The van der Waals surface area contributed by atoms with Crippen molar-refractivity contribution in [1.29, 1.82) is 0 Å². The molecule has 0 saturated heterocycles. The van der Waals surface area contributed by atoms with Gasteiger partial charge in [-0.15, -0.1) is 10.2 Å². The molecule has 0 spiro atoms. The number of benzene rings is 1. The highest BCUT2D eigenvalue weighted by Crippen LogP contribution is 2.30. The number of aryl methyl sites for hydroxylation is 3. The van der Waals surface area contributed by atoms with Gasteiger partial charge in [-0.3, -0.25) is 4.79 Å². The fourth-order valence-electron chi connectivity index (χ4n) is 2.43. The smallest absolute Gasteiger partial charge is 0.237 e. The van der Waals surface area contributed by atoms with Crippen LogP contribution in [0, 0.1) is 26.7 Å². The van der Waals surface area contributed by atoms with Crippen LogP contribution in [0.25, 0.3) is 0 Å². The quantitative estimate of drug-likeness (QED) is 0.687. The second-order valence-electron chi connectivity index (χ2n) is 6.67. The molecule has 0 saturated carbocycles. The van der Waals surface area contributed by atoms with Gasteiger partial charge in [0.15, 0.2) is 4.34 Å². The average molecular weight is 379 g/mol. The van der Waals surface area contributed by atoms with Crippen LogP contribution in [0.1, 0.15) is 37.5 Å². The van der Waals surface area contributed by atoms with Gasteiger partial charge in [0, 0.05) is 12.2 Å². The number of thioether (sulfide) groups is 1. The van der Waals surface area contributed by atoms with Gasteiger partial charge in [0.05, 0.1) is 5.25 Å². The Kier molecular flexibility index (Phi) is 6.84. The molecule has 1 aromatic carbocycles. The largest absolute Gasteiger partial charge is 0.360 e. The van der Waals surface area contributed by atoms with Crippen LogP contribution in [0.3, 0.4) is 0 Å². The number of hydrogen-bond donors (Lipinski definition) is 2. The molecular formula is C18H26N4OS2. The van der Waals surface area contributed by atoms with E-state index in [0.717, 1.165) is 32.8 Å². The second kappa shape index (κ2) is 8.67. The lowest BCUT2D eigenvalue weighted by molar-refractivity contribution is -0.115. The molecule has 0 aliphatic heterocycles. The summed E-state index contributed by atoms with van der Waals surface area (Å²) in [6, 6.07) is 4.16. The highest BCUT2D eigenvalue weighted by Gasteiger charge is 2.19. The molecule has 0 radical (unpaired) electrons. The van der Waals surface area contributed by atoms with Gasteiger partial charge in [0.2, 0.25) is 11.0 Å². The number of carbonyl (C=O) groups excluding carboxylic acids is 1. The van der Waals surface area contributed by atoms with Gasteiger partial charge >= 0.3 is 0 Å². The van der Waals surface area contributed by atoms with Crippen molar-refractivity contribution in [2.75, 3.05) is 17.2 Å². The molecule has 25 heavy (non-hydrogen) atoms. The van der Waals surface area contributed by atoms with E-state index in [1.807, 2.05) is 20.8 Å². The predicted octanol–water partition coefficient (Wildman–Crippen LogP) is 4.65. The first kappa shape index (κ1) is 19.7. The van der Waals surface area contributed by atoms with Crippen LogP contribution in [0.15, 0.2) is 16.5 Å². The van der Waals surface area contributed by atoms with Crippen LogP contribution in [-0.4, -0.2) is 27.9 Å². The fraction of sp³-hybridized carbons (Fsp3) is 0.500. The molecule has 1 heterocycles. The van der Waals surface area contributed by atoms with Gasteiger partial charge < -0.3 is 10.6 Å². The Bertz CT molecular complexity index is 719. The van der Waals surface area contributed by atoms with Crippen molar-refractivity contribution >= 4 is 39.8 Å². The maximum Gasteiger partial charge on any atom is 0.237 e. The van der Waals surface area contributed by atoms with Crippen LogP contribution in [0.4, 0.5) is 10.8 Å². The number of aromatic nitrogens is 2. The van der Waals surface area contributed by atoms with E-state index in [-0.39, 0.29) is 11.2 Å². The molecule has 136 valence electrons. The second-order valence-corrected chi connectivity index (χ2v) is 9.24. The Morgan fingerprint density at radius 3 is 2.40 bits per heavy atom. The molecule has 1 atom stereocenters. The number of hydrogen-bond acceptors (Lipinski definition) is 6. The average Bonchev–Trinajstić information content (AvgIpc) is 2.96. The van der Waals surface area contributed by atoms with Crippen LogP contribution >= 0.6 is 23.1 Å². The molecule has 2 aromatic rings. The molecule has 7 heteroatoms. The van der Waals surface area contributed by atoms with E-state index >= 15 is 0 Å². The normalized spacial score (nSPS) is 12.3. The molecular weight excluding hydrogens is 352 g/mol. The van der Waals surface area contributed by atoms with E-state index in [2.05, 4.69) is 53.7 Å². The van der Waals surface area contributed by atoms with E-state index < -0.39 is 0 Å². The molecule has 5 nitrogen and oxygen atoms in total. The zero-order valence-electron chi connectivity index (χ0n) is 15.6. The third-order valence-electron chi connectivity index (χ3n) is 3.64. The minimum atomic E-state index is -0.244. The summed E-state index contributed by atoms with van der Waals surface area (Å²) in [4.78, 5) is 12.5. The number of amides is 1. The number of nitrogens with one attached hydrogen (secondary N) is 2. The standard InChI is InChI=1S/C18H26N4OS2/c1-10(2)9-19-17-21-22-18(25-17)24-14(6)16(23)20-15-12(4)7-11(3)8-13(15)5/h7-8,10,14H,9H2,1-6H3,(H,19,21)(H,20,23)/t14-/m1/s1. The van der Waals surface area contributed by atoms with Crippen molar-refractivity contribution < 1.29 is 4.79 Å². The van der Waals surface area contributed by atoms with Gasteiger partial charge in [0.1, 0.15) is 0 Å². The van der Waals surface area contributed by atoms with E-state index in [0.29, 0.717) is 5.92 Å². The zero-order valence-corrected chi connectivity index (χ0v) is 17.3. The number of carbonyl (C=O) groups is 1. The SMILES string of the molecule is Cc1cc(C)c(NC(=O)[C@@H](C)Sc2nnc(NCC(C)C)s2)c(C)c1. The Hall–Kier alpha value is -1.60. The summed E-state index contributed by atoms with van der Waals surface area (Å²) in [5, 5.41) is 15.2. The minimum Gasteiger partial charge on any atom is -0.360 e. The van der Waals surface area contributed by atoms with Crippen molar-refractivity contribution in [3.05, 3.63) is 28.8 Å². The molecule has 2 rings (SSSR count). The summed E-state index contributed by atoms with van der Waals surface area (Å²) in [5.74, 6) is 0.526. The lowest BCUT2D eigenvalue weighted by Crippen LogP contribution is -2.23. The highest BCUT2D eigenvalue weighted by molar-refractivity contribution is 8.02. The monoisotopic (exact) mass is 378 g/mol. The number of nitrogens with zero attached hydrogens (tertiary/aromatic N) is 2. The van der Waals surface area contributed by atoms with E-state index in [1.54, 1.807) is 0 Å². The molecule has 0 unspecified atom stereocenters. The first-order chi connectivity index (χ1) is 11.8. The zero-order chi connectivity index (χ0) is 18.6. The maximum atomic E-state index is 12.5. The van der Waals surface area contributed by atoms with Crippen molar-refractivity contribution in [3.8, 4) is 0 Å². The summed E-state index contributed by atoms with van der Waals surface area (Å²) in [7, 11) is 0. The van der Waals surface area contributed by atoms with Gasteiger partial charge in [-0.2, -0.15) is 0 Å². The van der Waals surface area contributed by atoms with Crippen LogP contribution in [-0.2, 0) is 4.79 Å². The molecule has 2 N–H and O–H groups in total. The van der Waals surface area contributed by atoms with Crippen molar-refractivity contribution in [3.63, 3.8) is 0 Å². The molecule has 0 aliphatic carbocycles. The summed E-state index contributed by atoms with van der Waals surface area (Å²) in [6.07, 6.45) is 0. The molecule has 1 aromatic heterocycles. The molecule has 0 bridgehead atoms.